The standard InChI is InChI=1S/C27H31N5O3/c1-4-30-23-10-9-20(16-24(23)31(5-2)27(30)34)22-17-28-32(18-25(33)29-11-13-35-14-12-29)26(22)21-8-6-7-19(3)15-21/h6-10,15-17H,4-5,11-14,18H2,1-3H3. The Morgan fingerprint density at radius 3 is 2.43 bits per heavy atom. The summed E-state index contributed by atoms with van der Waals surface area (Å²) in [5.74, 6) is 0.0344. The van der Waals surface area contributed by atoms with Crippen LogP contribution in [-0.4, -0.2) is 56.0 Å². The zero-order chi connectivity index (χ0) is 24.5. The van der Waals surface area contributed by atoms with E-state index >= 15 is 0 Å². The summed E-state index contributed by atoms with van der Waals surface area (Å²) in [4.78, 5) is 27.8. The van der Waals surface area contributed by atoms with Gasteiger partial charge in [-0.3, -0.25) is 18.6 Å². The number of imidazole rings is 1. The molecule has 1 saturated heterocycles. The third-order valence-electron chi connectivity index (χ3n) is 6.74. The van der Waals surface area contributed by atoms with Crippen LogP contribution in [0.15, 0.2) is 53.5 Å². The number of ether oxygens (including phenoxy) is 1. The first-order valence-corrected chi connectivity index (χ1v) is 12.2. The first-order chi connectivity index (χ1) is 17.0. The van der Waals surface area contributed by atoms with Crippen LogP contribution in [0.1, 0.15) is 19.4 Å². The van der Waals surface area contributed by atoms with Crippen LogP contribution in [0.5, 0.6) is 0 Å². The topological polar surface area (TPSA) is 74.3 Å². The molecular weight excluding hydrogens is 442 g/mol. The predicted molar refractivity (Wildman–Crippen MR) is 136 cm³/mol. The Morgan fingerprint density at radius 1 is 0.971 bits per heavy atom. The fraction of sp³-hybridized carbons (Fsp3) is 0.370. The molecule has 8 nitrogen and oxygen atoms in total. The van der Waals surface area contributed by atoms with Crippen LogP contribution in [0.2, 0.25) is 0 Å². The van der Waals surface area contributed by atoms with Gasteiger partial charge in [-0.1, -0.05) is 29.8 Å². The Hall–Kier alpha value is -3.65. The molecule has 3 heterocycles. The van der Waals surface area contributed by atoms with Crippen molar-refractivity contribution in [3.63, 3.8) is 0 Å². The highest BCUT2D eigenvalue weighted by Gasteiger charge is 2.22. The average Bonchev–Trinajstić information content (AvgIpc) is 3.41. The van der Waals surface area contributed by atoms with E-state index in [1.807, 2.05) is 43.1 Å². The lowest BCUT2D eigenvalue weighted by molar-refractivity contribution is -0.136. The summed E-state index contributed by atoms with van der Waals surface area (Å²) in [5, 5.41) is 4.66. The normalized spacial score (nSPS) is 14.1. The highest BCUT2D eigenvalue weighted by atomic mass is 16.5. The summed E-state index contributed by atoms with van der Waals surface area (Å²) in [6.07, 6.45) is 1.83. The molecule has 1 amide bonds. The lowest BCUT2D eigenvalue weighted by Crippen LogP contribution is -2.42. The van der Waals surface area contributed by atoms with Gasteiger partial charge in [-0.05, 0) is 44.5 Å². The highest BCUT2D eigenvalue weighted by molar-refractivity contribution is 5.88. The number of nitrogens with zero attached hydrogens (tertiary/aromatic N) is 5. The molecule has 0 atom stereocenters. The quantitative estimate of drug-likeness (QED) is 0.429. The minimum Gasteiger partial charge on any atom is -0.378 e. The summed E-state index contributed by atoms with van der Waals surface area (Å²) < 4.78 is 10.8. The van der Waals surface area contributed by atoms with E-state index in [1.54, 1.807) is 13.8 Å². The number of aryl methyl sites for hydroxylation is 3. The van der Waals surface area contributed by atoms with Gasteiger partial charge in [-0.25, -0.2) is 4.79 Å². The number of benzene rings is 2. The Labute approximate surface area is 204 Å². The van der Waals surface area contributed by atoms with E-state index < -0.39 is 0 Å². The van der Waals surface area contributed by atoms with Gasteiger partial charge in [0.1, 0.15) is 6.54 Å². The molecular formula is C27H31N5O3. The molecule has 5 rings (SSSR count). The lowest BCUT2D eigenvalue weighted by atomic mass is 10.00. The van der Waals surface area contributed by atoms with Gasteiger partial charge in [0.25, 0.3) is 0 Å². The number of rotatable bonds is 6. The maximum Gasteiger partial charge on any atom is 0.329 e. The molecule has 0 unspecified atom stereocenters. The van der Waals surface area contributed by atoms with Crippen molar-refractivity contribution in [3.05, 3.63) is 64.7 Å². The van der Waals surface area contributed by atoms with E-state index in [2.05, 4.69) is 36.3 Å². The molecule has 1 aliphatic rings. The molecule has 1 fully saturated rings. The second kappa shape index (κ2) is 9.54. The smallest absolute Gasteiger partial charge is 0.329 e. The zero-order valence-electron chi connectivity index (χ0n) is 20.5. The van der Waals surface area contributed by atoms with Crippen molar-refractivity contribution in [2.75, 3.05) is 26.3 Å². The van der Waals surface area contributed by atoms with Gasteiger partial charge < -0.3 is 9.64 Å². The SMILES string of the molecule is CCn1c(=O)n(CC)c2cc(-c3cnn(CC(=O)N4CCOCC4)c3-c3cccc(C)c3)ccc21. The molecule has 0 aliphatic carbocycles. The van der Waals surface area contributed by atoms with Crippen molar-refractivity contribution in [1.82, 2.24) is 23.8 Å². The molecule has 182 valence electrons. The largest absolute Gasteiger partial charge is 0.378 e. The molecule has 8 heteroatoms. The van der Waals surface area contributed by atoms with Crippen molar-refractivity contribution >= 4 is 16.9 Å². The van der Waals surface area contributed by atoms with Crippen LogP contribution in [0.4, 0.5) is 0 Å². The van der Waals surface area contributed by atoms with E-state index in [9.17, 15) is 9.59 Å². The average molecular weight is 474 g/mol. The van der Waals surface area contributed by atoms with Crippen LogP contribution >= 0.6 is 0 Å². The van der Waals surface area contributed by atoms with Gasteiger partial charge in [0, 0.05) is 37.3 Å². The molecule has 0 bridgehead atoms. The Morgan fingerprint density at radius 2 is 1.71 bits per heavy atom. The second-order valence-electron chi connectivity index (χ2n) is 8.90. The third-order valence-corrected chi connectivity index (χ3v) is 6.74. The summed E-state index contributed by atoms with van der Waals surface area (Å²) in [6, 6.07) is 14.4. The number of aromatic nitrogens is 4. The number of hydrogen-bond acceptors (Lipinski definition) is 4. The Bertz CT molecular complexity index is 1440. The fourth-order valence-corrected chi connectivity index (χ4v) is 4.95. The molecule has 4 aromatic rings. The number of carbonyl (C=O) groups is 1. The molecule has 0 spiro atoms. The van der Waals surface area contributed by atoms with Crippen LogP contribution in [-0.2, 0) is 29.2 Å². The molecule has 2 aromatic carbocycles. The third kappa shape index (κ3) is 4.18. The Balaban J connectivity index is 1.63. The molecule has 35 heavy (non-hydrogen) atoms. The van der Waals surface area contributed by atoms with Crippen molar-refractivity contribution in [1.29, 1.82) is 0 Å². The second-order valence-corrected chi connectivity index (χ2v) is 8.90. The number of fused-ring (bicyclic) bond motifs is 1. The molecule has 0 radical (unpaired) electrons. The number of hydrogen-bond donors (Lipinski definition) is 0. The Kier molecular flexibility index (Phi) is 6.30. The van der Waals surface area contributed by atoms with Gasteiger partial charge in [-0.2, -0.15) is 5.10 Å². The van der Waals surface area contributed by atoms with Crippen molar-refractivity contribution in [2.45, 2.75) is 40.4 Å². The number of carbonyl (C=O) groups excluding carboxylic acids is 1. The van der Waals surface area contributed by atoms with Crippen molar-refractivity contribution in [2.24, 2.45) is 0 Å². The van der Waals surface area contributed by atoms with Crippen LogP contribution in [0, 0.1) is 6.92 Å². The molecule has 0 N–H and O–H groups in total. The number of amides is 1. The maximum absolute atomic E-state index is 13.1. The van der Waals surface area contributed by atoms with E-state index in [4.69, 9.17) is 4.74 Å². The zero-order valence-corrected chi connectivity index (χ0v) is 20.5. The van der Waals surface area contributed by atoms with E-state index in [1.165, 1.54) is 0 Å². The molecule has 2 aromatic heterocycles. The highest BCUT2D eigenvalue weighted by Crippen LogP contribution is 2.34. The van der Waals surface area contributed by atoms with Gasteiger partial charge in [0.15, 0.2) is 0 Å². The van der Waals surface area contributed by atoms with E-state index in [-0.39, 0.29) is 18.1 Å². The summed E-state index contributed by atoms with van der Waals surface area (Å²) in [6.45, 7) is 9.76. The van der Waals surface area contributed by atoms with Crippen molar-refractivity contribution < 1.29 is 9.53 Å². The lowest BCUT2D eigenvalue weighted by Gasteiger charge is -2.27. The van der Waals surface area contributed by atoms with Crippen molar-refractivity contribution in [3.8, 4) is 22.4 Å². The van der Waals surface area contributed by atoms with Gasteiger partial charge in [0.2, 0.25) is 5.91 Å². The molecule has 0 saturated carbocycles. The summed E-state index contributed by atoms with van der Waals surface area (Å²) in [5.41, 5.74) is 6.78. The van der Waals surface area contributed by atoms with Crippen LogP contribution in [0.25, 0.3) is 33.4 Å². The van der Waals surface area contributed by atoms with E-state index in [0.29, 0.717) is 39.4 Å². The monoisotopic (exact) mass is 473 g/mol. The van der Waals surface area contributed by atoms with Crippen LogP contribution < -0.4 is 5.69 Å². The van der Waals surface area contributed by atoms with Gasteiger partial charge >= 0.3 is 5.69 Å². The van der Waals surface area contributed by atoms with Gasteiger partial charge in [0.05, 0.1) is 36.1 Å². The predicted octanol–water partition coefficient (Wildman–Crippen LogP) is 3.54. The first kappa shape index (κ1) is 23.1. The summed E-state index contributed by atoms with van der Waals surface area (Å²) >= 11 is 0. The van der Waals surface area contributed by atoms with Crippen LogP contribution in [0.3, 0.4) is 0 Å². The number of morpholine rings is 1. The maximum atomic E-state index is 13.1. The summed E-state index contributed by atoms with van der Waals surface area (Å²) in [7, 11) is 0. The minimum absolute atomic E-state index is 0.00728. The minimum atomic E-state index is 0.00728. The van der Waals surface area contributed by atoms with Gasteiger partial charge in [-0.15, -0.1) is 0 Å². The first-order valence-electron chi connectivity index (χ1n) is 12.2. The van der Waals surface area contributed by atoms with E-state index in [0.717, 1.165) is 39.0 Å². The fourth-order valence-electron chi connectivity index (χ4n) is 4.95. The molecule has 1 aliphatic heterocycles.